The number of anilines is 2. The Kier molecular flexibility index (Phi) is 4.42. The van der Waals surface area contributed by atoms with Gasteiger partial charge in [0.1, 0.15) is 5.01 Å². The van der Waals surface area contributed by atoms with Crippen LogP contribution in [0.15, 0.2) is 36.7 Å². The maximum absolute atomic E-state index is 11.2. The van der Waals surface area contributed by atoms with Crippen molar-refractivity contribution >= 4 is 39.9 Å². The van der Waals surface area contributed by atoms with Gasteiger partial charge in [-0.1, -0.05) is 35.1 Å². The number of halogens is 1. The molecular weight excluding hydrogens is 340 g/mol. The molecule has 0 bridgehead atoms. The van der Waals surface area contributed by atoms with Crippen molar-refractivity contribution in [2.45, 2.75) is 0 Å². The summed E-state index contributed by atoms with van der Waals surface area (Å²) in [6.07, 6.45) is 2.56. The Morgan fingerprint density at radius 1 is 1.22 bits per heavy atom. The number of hydrogen-bond donors (Lipinski definition) is 3. The van der Waals surface area contributed by atoms with Gasteiger partial charge in [0, 0.05) is 23.0 Å². The number of benzene rings is 1. The summed E-state index contributed by atoms with van der Waals surface area (Å²) in [5.41, 5.74) is 2.50. The topological polar surface area (TPSA) is 113 Å². The van der Waals surface area contributed by atoms with Crippen molar-refractivity contribution in [2.24, 2.45) is 0 Å². The van der Waals surface area contributed by atoms with Gasteiger partial charge in [0.15, 0.2) is 0 Å². The van der Waals surface area contributed by atoms with Crippen molar-refractivity contribution in [3.63, 3.8) is 0 Å². The third-order valence-corrected chi connectivity index (χ3v) is 3.85. The van der Waals surface area contributed by atoms with Gasteiger partial charge in [-0.25, -0.2) is 15.4 Å². The highest BCUT2D eigenvalue weighted by molar-refractivity contribution is 7.18. The van der Waals surface area contributed by atoms with Crippen LogP contribution in [-0.4, -0.2) is 31.3 Å². The molecule has 1 amide bonds. The van der Waals surface area contributed by atoms with E-state index in [9.17, 15) is 4.79 Å². The molecule has 1 aromatic carbocycles. The molecule has 0 atom stereocenters. The third-order valence-electron chi connectivity index (χ3n) is 2.73. The van der Waals surface area contributed by atoms with Crippen LogP contribution < -0.4 is 10.8 Å². The molecule has 2 aromatic heterocycles. The zero-order valence-electron chi connectivity index (χ0n) is 11.4. The molecule has 10 heteroatoms. The molecule has 0 unspecified atom stereocenters. The van der Waals surface area contributed by atoms with E-state index in [2.05, 4.69) is 25.5 Å². The summed E-state index contributed by atoms with van der Waals surface area (Å²) in [6.45, 7) is 0. The van der Waals surface area contributed by atoms with E-state index >= 15 is 0 Å². The molecule has 0 radical (unpaired) electrons. The Morgan fingerprint density at radius 3 is 2.70 bits per heavy atom. The zero-order chi connectivity index (χ0) is 16.2. The van der Waals surface area contributed by atoms with Crippen LogP contribution in [0.2, 0.25) is 5.02 Å². The molecule has 2 heterocycles. The lowest BCUT2D eigenvalue weighted by Crippen LogP contribution is -2.19. The van der Waals surface area contributed by atoms with Gasteiger partial charge in [-0.05, 0) is 12.1 Å². The first kappa shape index (κ1) is 15.3. The first-order chi connectivity index (χ1) is 11.2. The molecule has 0 saturated heterocycles. The number of nitrogens with zero attached hydrogens (tertiary/aromatic N) is 4. The Morgan fingerprint density at radius 2 is 2.00 bits per heavy atom. The Hall–Kier alpha value is -2.62. The third kappa shape index (κ3) is 3.59. The molecule has 3 rings (SSSR count). The van der Waals surface area contributed by atoms with Crippen molar-refractivity contribution in [1.29, 1.82) is 0 Å². The lowest BCUT2D eigenvalue weighted by molar-refractivity contribution is 0.0705. The van der Waals surface area contributed by atoms with Gasteiger partial charge >= 0.3 is 0 Å². The monoisotopic (exact) mass is 348 g/mol. The summed E-state index contributed by atoms with van der Waals surface area (Å²) in [5, 5.41) is 21.3. The Labute approximate surface area is 139 Å². The zero-order valence-corrected chi connectivity index (χ0v) is 13.0. The van der Waals surface area contributed by atoms with E-state index in [0.29, 0.717) is 15.2 Å². The number of carbonyl (C=O) groups is 1. The molecule has 8 nitrogen and oxygen atoms in total. The SMILES string of the molecule is O=C(NO)c1cnc(Nc2nnc(-c3cccc(Cl)c3)s2)nc1. The van der Waals surface area contributed by atoms with Crippen LogP contribution >= 0.6 is 22.9 Å². The standard InChI is InChI=1S/C13H9ClN6O2S/c14-9-3-1-2-7(4-9)11-18-19-13(23-11)17-12-15-5-8(6-16-12)10(21)20-22/h1-6,22H,(H,20,21)(H,15,16,17,19). The van der Waals surface area contributed by atoms with E-state index in [1.165, 1.54) is 29.2 Å². The number of nitrogens with one attached hydrogen (secondary N) is 2. The average Bonchev–Trinajstić information content (AvgIpc) is 3.03. The number of aromatic nitrogens is 4. The van der Waals surface area contributed by atoms with E-state index in [0.717, 1.165) is 5.56 Å². The van der Waals surface area contributed by atoms with E-state index in [1.807, 2.05) is 12.1 Å². The molecule has 0 saturated carbocycles. The Balaban J connectivity index is 1.75. The van der Waals surface area contributed by atoms with Crippen molar-refractivity contribution in [2.75, 3.05) is 5.32 Å². The summed E-state index contributed by atoms with van der Waals surface area (Å²) in [6, 6.07) is 7.29. The van der Waals surface area contributed by atoms with Crippen LogP contribution in [0.3, 0.4) is 0 Å². The summed E-state index contributed by atoms with van der Waals surface area (Å²) in [7, 11) is 0. The van der Waals surface area contributed by atoms with Crippen LogP contribution in [0.4, 0.5) is 11.1 Å². The average molecular weight is 349 g/mol. The van der Waals surface area contributed by atoms with Gasteiger partial charge in [-0.3, -0.25) is 15.3 Å². The number of hydroxylamine groups is 1. The molecule has 116 valence electrons. The molecule has 3 aromatic rings. The lowest BCUT2D eigenvalue weighted by Gasteiger charge is -2.01. The van der Waals surface area contributed by atoms with E-state index in [1.54, 1.807) is 12.1 Å². The van der Waals surface area contributed by atoms with E-state index < -0.39 is 5.91 Å². The predicted octanol–water partition coefficient (Wildman–Crippen LogP) is 2.51. The number of amides is 1. The van der Waals surface area contributed by atoms with Gasteiger partial charge in [0.2, 0.25) is 11.1 Å². The van der Waals surface area contributed by atoms with E-state index in [4.69, 9.17) is 16.8 Å². The summed E-state index contributed by atoms with van der Waals surface area (Å²) >= 11 is 7.27. The maximum atomic E-state index is 11.2. The van der Waals surface area contributed by atoms with Crippen LogP contribution in [0.1, 0.15) is 10.4 Å². The summed E-state index contributed by atoms with van der Waals surface area (Å²) < 4.78 is 0. The van der Waals surface area contributed by atoms with Gasteiger partial charge in [0.25, 0.3) is 5.91 Å². The fraction of sp³-hybridized carbons (Fsp3) is 0. The molecule has 0 fully saturated rings. The van der Waals surface area contributed by atoms with Crippen LogP contribution in [0, 0.1) is 0 Å². The van der Waals surface area contributed by atoms with Crippen molar-refractivity contribution in [1.82, 2.24) is 25.6 Å². The first-order valence-corrected chi connectivity index (χ1v) is 7.48. The normalized spacial score (nSPS) is 10.3. The second kappa shape index (κ2) is 6.65. The fourth-order valence-electron chi connectivity index (χ4n) is 1.68. The Bertz CT molecular complexity index is 838. The van der Waals surface area contributed by atoms with Gasteiger partial charge in [0.05, 0.1) is 5.56 Å². The predicted molar refractivity (Wildman–Crippen MR) is 84.9 cm³/mol. The van der Waals surface area contributed by atoms with Crippen LogP contribution in [0.25, 0.3) is 10.6 Å². The van der Waals surface area contributed by atoms with Gasteiger partial charge in [-0.15, -0.1) is 10.2 Å². The van der Waals surface area contributed by atoms with Crippen LogP contribution in [-0.2, 0) is 0 Å². The smallest absolute Gasteiger partial charge is 0.277 e. The van der Waals surface area contributed by atoms with Gasteiger partial charge in [-0.2, -0.15) is 0 Å². The quantitative estimate of drug-likeness (QED) is 0.490. The summed E-state index contributed by atoms with van der Waals surface area (Å²) in [4.78, 5) is 19.1. The highest BCUT2D eigenvalue weighted by Gasteiger charge is 2.10. The first-order valence-electron chi connectivity index (χ1n) is 6.28. The van der Waals surface area contributed by atoms with Crippen molar-refractivity contribution in [3.05, 3.63) is 47.2 Å². The number of hydrogen-bond acceptors (Lipinski definition) is 8. The number of carbonyl (C=O) groups excluding carboxylic acids is 1. The minimum Gasteiger partial charge on any atom is -0.299 e. The minimum absolute atomic E-state index is 0.134. The van der Waals surface area contributed by atoms with Crippen molar-refractivity contribution < 1.29 is 10.0 Å². The van der Waals surface area contributed by atoms with Crippen LogP contribution in [0.5, 0.6) is 0 Å². The fourth-order valence-corrected chi connectivity index (χ4v) is 2.61. The van der Waals surface area contributed by atoms with Gasteiger partial charge < -0.3 is 0 Å². The molecule has 0 aliphatic carbocycles. The highest BCUT2D eigenvalue weighted by Crippen LogP contribution is 2.28. The maximum Gasteiger partial charge on any atom is 0.277 e. The van der Waals surface area contributed by atoms with E-state index in [-0.39, 0.29) is 11.5 Å². The molecule has 23 heavy (non-hydrogen) atoms. The molecule has 0 aliphatic rings. The van der Waals surface area contributed by atoms with Crippen molar-refractivity contribution in [3.8, 4) is 10.6 Å². The number of rotatable bonds is 4. The lowest BCUT2D eigenvalue weighted by atomic mass is 10.2. The molecule has 0 spiro atoms. The largest absolute Gasteiger partial charge is 0.299 e. The highest BCUT2D eigenvalue weighted by atomic mass is 35.5. The molecule has 3 N–H and O–H groups in total. The minimum atomic E-state index is -0.685. The molecular formula is C13H9ClN6O2S. The second-order valence-corrected chi connectivity index (χ2v) is 5.70. The second-order valence-electron chi connectivity index (χ2n) is 4.28. The summed E-state index contributed by atoms with van der Waals surface area (Å²) in [5.74, 6) is -0.427. The molecule has 0 aliphatic heterocycles.